The molecule has 0 saturated carbocycles. The van der Waals surface area contributed by atoms with E-state index in [4.69, 9.17) is 14.9 Å². The molecule has 1 aliphatic heterocycles. The van der Waals surface area contributed by atoms with Gasteiger partial charge in [0.1, 0.15) is 0 Å². The lowest BCUT2D eigenvalue weighted by molar-refractivity contribution is -0.141. The van der Waals surface area contributed by atoms with Gasteiger partial charge in [0, 0.05) is 0 Å². The van der Waals surface area contributed by atoms with E-state index in [9.17, 15) is 9.59 Å². The van der Waals surface area contributed by atoms with E-state index in [1.165, 1.54) is 0 Å². The van der Waals surface area contributed by atoms with Crippen LogP contribution in [0.5, 0.6) is 0 Å². The van der Waals surface area contributed by atoms with E-state index < -0.39 is 11.9 Å². The number of hydrogen-bond acceptors (Lipinski definition) is 3. The van der Waals surface area contributed by atoms with Gasteiger partial charge in [0.2, 0.25) is 0 Å². The Morgan fingerprint density at radius 2 is 1.46 bits per heavy atom. The standard InChI is InChI=1S/C8H12O5/c9-7(10)1-5-3-13-4-6(5)2-8(11)12/h5-6H,1-4H2,(H,9,10)(H,11,12). The summed E-state index contributed by atoms with van der Waals surface area (Å²) in [6, 6.07) is 0. The monoisotopic (exact) mass is 188 g/mol. The number of carboxylic acids is 2. The van der Waals surface area contributed by atoms with E-state index in [0.717, 1.165) is 0 Å². The largest absolute Gasteiger partial charge is 0.481 e. The molecule has 1 aliphatic rings. The SMILES string of the molecule is O=C(O)CC1COCC1CC(=O)O. The maximum absolute atomic E-state index is 10.4. The van der Waals surface area contributed by atoms with Crippen molar-refractivity contribution in [2.45, 2.75) is 12.8 Å². The fourth-order valence-electron chi connectivity index (χ4n) is 1.54. The Morgan fingerprint density at radius 3 is 1.77 bits per heavy atom. The molecule has 2 atom stereocenters. The van der Waals surface area contributed by atoms with Gasteiger partial charge in [-0.3, -0.25) is 9.59 Å². The number of ether oxygens (including phenoxy) is 1. The quantitative estimate of drug-likeness (QED) is 0.658. The van der Waals surface area contributed by atoms with Crippen LogP contribution in [0.4, 0.5) is 0 Å². The average molecular weight is 188 g/mol. The van der Waals surface area contributed by atoms with E-state index in [-0.39, 0.29) is 24.7 Å². The molecule has 1 saturated heterocycles. The van der Waals surface area contributed by atoms with Gasteiger partial charge in [0.25, 0.3) is 0 Å². The number of carbonyl (C=O) groups is 2. The van der Waals surface area contributed by atoms with Crippen LogP contribution >= 0.6 is 0 Å². The highest BCUT2D eigenvalue weighted by Crippen LogP contribution is 2.26. The Kier molecular flexibility index (Phi) is 3.25. The van der Waals surface area contributed by atoms with Gasteiger partial charge in [-0.15, -0.1) is 0 Å². The highest BCUT2D eigenvalue weighted by Gasteiger charge is 2.31. The predicted molar refractivity (Wildman–Crippen MR) is 42.3 cm³/mol. The molecule has 0 aliphatic carbocycles. The van der Waals surface area contributed by atoms with Crippen molar-refractivity contribution in [2.75, 3.05) is 13.2 Å². The third-order valence-corrected chi connectivity index (χ3v) is 2.20. The van der Waals surface area contributed by atoms with Crippen LogP contribution in [-0.2, 0) is 14.3 Å². The second kappa shape index (κ2) is 4.23. The molecule has 0 spiro atoms. The van der Waals surface area contributed by atoms with Crippen LogP contribution in [0.25, 0.3) is 0 Å². The van der Waals surface area contributed by atoms with Crippen LogP contribution in [0, 0.1) is 11.8 Å². The van der Waals surface area contributed by atoms with Crippen molar-refractivity contribution in [1.82, 2.24) is 0 Å². The molecule has 2 unspecified atom stereocenters. The van der Waals surface area contributed by atoms with Gasteiger partial charge in [-0.25, -0.2) is 0 Å². The van der Waals surface area contributed by atoms with E-state index in [2.05, 4.69) is 0 Å². The van der Waals surface area contributed by atoms with E-state index in [1.807, 2.05) is 0 Å². The molecular formula is C8H12O5. The molecule has 2 N–H and O–H groups in total. The summed E-state index contributed by atoms with van der Waals surface area (Å²) in [5.41, 5.74) is 0. The molecule has 5 nitrogen and oxygen atoms in total. The number of carboxylic acid groups (broad SMARTS) is 2. The van der Waals surface area contributed by atoms with Crippen molar-refractivity contribution in [2.24, 2.45) is 11.8 Å². The zero-order valence-electron chi connectivity index (χ0n) is 7.10. The third kappa shape index (κ3) is 3.02. The predicted octanol–water partition coefficient (Wildman–Crippen LogP) is 0.198. The maximum Gasteiger partial charge on any atom is 0.303 e. The minimum Gasteiger partial charge on any atom is -0.481 e. The highest BCUT2D eigenvalue weighted by atomic mass is 16.5. The van der Waals surface area contributed by atoms with Crippen LogP contribution in [-0.4, -0.2) is 35.4 Å². The first kappa shape index (κ1) is 9.98. The maximum atomic E-state index is 10.4. The van der Waals surface area contributed by atoms with Crippen molar-refractivity contribution in [3.63, 3.8) is 0 Å². The van der Waals surface area contributed by atoms with Gasteiger partial charge in [-0.05, 0) is 11.8 Å². The number of rotatable bonds is 4. The summed E-state index contributed by atoms with van der Waals surface area (Å²) >= 11 is 0. The van der Waals surface area contributed by atoms with Crippen LogP contribution in [0.3, 0.4) is 0 Å². The van der Waals surface area contributed by atoms with Gasteiger partial charge in [-0.1, -0.05) is 0 Å². The molecule has 0 aromatic heterocycles. The lowest BCUT2D eigenvalue weighted by Gasteiger charge is -2.12. The van der Waals surface area contributed by atoms with Gasteiger partial charge >= 0.3 is 11.9 Å². The molecular weight excluding hydrogens is 176 g/mol. The molecule has 5 heteroatoms. The second-order valence-electron chi connectivity index (χ2n) is 3.25. The molecule has 74 valence electrons. The number of hydrogen-bond donors (Lipinski definition) is 2. The zero-order chi connectivity index (χ0) is 9.84. The number of aliphatic carboxylic acids is 2. The Balaban J connectivity index is 2.43. The molecule has 1 fully saturated rings. The summed E-state index contributed by atoms with van der Waals surface area (Å²) in [4.78, 5) is 20.8. The minimum absolute atomic E-state index is 0.00204. The summed E-state index contributed by atoms with van der Waals surface area (Å²) in [5.74, 6) is -2.08. The molecule has 1 rings (SSSR count). The summed E-state index contributed by atoms with van der Waals surface area (Å²) in [6.07, 6.45) is -0.00407. The minimum atomic E-state index is -0.897. The van der Waals surface area contributed by atoms with Crippen LogP contribution < -0.4 is 0 Å². The van der Waals surface area contributed by atoms with Crippen LogP contribution in [0.2, 0.25) is 0 Å². The molecule has 0 aromatic rings. The first-order valence-electron chi connectivity index (χ1n) is 4.11. The van der Waals surface area contributed by atoms with E-state index >= 15 is 0 Å². The molecule has 0 bridgehead atoms. The first-order valence-corrected chi connectivity index (χ1v) is 4.11. The Bertz CT molecular complexity index is 191. The average Bonchev–Trinajstić information content (AvgIpc) is 2.34. The summed E-state index contributed by atoms with van der Waals surface area (Å²) in [6.45, 7) is 0.731. The normalized spacial score (nSPS) is 27.4. The molecule has 1 heterocycles. The zero-order valence-corrected chi connectivity index (χ0v) is 7.10. The lowest BCUT2D eigenvalue weighted by Crippen LogP contribution is -2.19. The topological polar surface area (TPSA) is 83.8 Å². The van der Waals surface area contributed by atoms with Crippen molar-refractivity contribution in [3.05, 3.63) is 0 Å². The molecule has 0 aromatic carbocycles. The Morgan fingerprint density at radius 1 is 1.08 bits per heavy atom. The van der Waals surface area contributed by atoms with Crippen molar-refractivity contribution in [1.29, 1.82) is 0 Å². The lowest BCUT2D eigenvalue weighted by atomic mass is 9.90. The van der Waals surface area contributed by atoms with Gasteiger partial charge in [0.05, 0.1) is 26.1 Å². The summed E-state index contributed by atoms with van der Waals surface area (Å²) in [7, 11) is 0. The molecule has 13 heavy (non-hydrogen) atoms. The molecule has 0 amide bonds. The van der Waals surface area contributed by atoms with Crippen LogP contribution in [0.15, 0.2) is 0 Å². The smallest absolute Gasteiger partial charge is 0.303 e. The van der Waals surface area contributed by atoms with Gasteiger partial charge in [-0.2, -0.15) is 0 Å². The summed E-state index contributed by atoms with van der Waals surface area (Å²) in [5, 5.41) is 17.0. The molecule has 0 radical (unpaired) electrons. The second-order valence-corrected chi connectivity index (χ2v) is 3.25. The van der Waals surface area contributed by atoms with E-state index in [1.54, 1.807) is 0 Å². The van der Waals surface area contributed by atoms with Crippen molar-refractivity contribution in [3.8, 4) is 0 Å². The Labute approximate surface area is 75.3 Å². The van der Waals surface area contributed by atoms with Crippen molar-refractivity contribution < 1.29 is 24.5 Å². The van der Waals surface area contributed by atoms with E-state index in [0.29, 0.717) is 13.2 Å². The Hall–Kier alpha value is -1.10. The van der Waals surface area contributed by atoms with Gasteiger partial charge < -0.3 is 14.9 Å². The van der Waals surface area contributed by atoms with Crippen molar-refractivity contribution >= 4 is 11.9 Å². The third-order valence-electron chi connectivity index (χ3n) is 2.20. The van der Waals surface area contributed by atoms with Crippen LogP contribution in [0.1, 0.15) is 12.8 Å². The summed E-state index contributed by atoms with van der Waals surface area (Å²) < 4.78 is 5.04. The fourth-order valence-corrected chi connectivity index (χ4v) is 1.54. The first-order chi connectivity index (χ1) is 6.09. The fraction of sp³-hybridized carbons (Fsp3) is 0.750. The highest BCUT2D eigenvalue weighted by molar-refractivity contribution is 5.68. The van der Waals surface area contributed by atoms with Gasteiger partial charge in [0.15, 0.2) is 0 Å².